The van der Waals surface area contributed by atoms with Crippen LogP contribution in [0.4, 0.5) is 15.0 Å². The summed E-state index contributed by atoms with van der Waals surface area (Å²) >= 11 is 6.13. The number of pyridine rings is 2. The summed E-state index contributed by atoms with van der Waals surface area (Å²) in [5, 5.41) is 0.000148. The Bertz CT molecular complexity index is 1440. The first-order chi connectivity index (χ1) is 17.7. The van der Waals surface area contributed by atoms with Gasteiger partial charge < -0.3 is 14.5 Å². The molecule has 4 rings (SSSR count). The van der Waals surface area contributed by atoms with Crippen LogP contribution in [0.5, 0.6) is 0 Å². The minimum atomic E-state index is -0.716. The fourth-order valence-corrected chi connectivity index (χ4v) is 5.12. The monoisotopic (exact) mass is 544 g/mol. The van der Waals surface area contributed by atoms with E-state index in [1.54, 1.807) is 17.2 Å². The van der Waals surface area contributed by atoms with Crippen molar-refractivity contribution in [3.8, 4) is 5.69 Å². The molecule has 0 N–H and O–H groups in total. The van der Waals surface area contributed by atoms with E-state index in [9.17, 15) is 14.0 Å². The lowest BCUT2D eigenvalue weighted by Gasteiger charge is -2.45. The van der Waals surface area contributed by atoms with Crippen LogP contribution in [0.3, 0.4) is 0 Å². The Morgan fingerprint density at radius 2 is 1.82 bits per heavy atom. The van der Waals surface area contributed by atoms with Crippen LogP contribution in [-0.4, -0.2) is 61.3 Å². The standard InChI is InChI=1S/C27H34ClFN6O3/c1-14(2)20-21(15(3)9-10-30-20)35-23-18(11-19(29)22(28)31-23)24(32-25(35)36)34-16(4)12-33(13-17(34)5)26(37)38-27(6,7)8/h9-11,14,16-17H,12-13H2,1-8H3. The van der Waals surface area contributed by atoms with E-state index in [0.29, 0.717) is 35.7 Å². The third-order valence-corrected chi connectivity index (χ3v) is 6.76. The quantitative estimate of drug-likeness (QED) is 0.416. The molecule has 1 fully saturated rings. The Balaban J connectivity index is 1.89. The van der Waals surface area contributed by atoms with Crippen LogP contribution < -0.4 is 10.6 Å². The molecule has 4 heterocycles. The van der Waals surface area contributed by atoms with Gasteiger partial charge in [0.15, 0.2) is 16.6 Å². The van der Waals surface area contributed by atoms with E-state index in [0.717, 1.165) is 5.56 Å². The first-order valence-corrected chi connectivity index (χ1v) is 13.1. The molecule has 2 atom stereocenters. The second-order valence-electron chi connectivity index (χ2n) is 11.2. The van der Waals surface area contributed by atoms with E-state index in [2.05, 4.69) is 15.0 Å². The Labute approximate surface area is 226 Å². The number of fused-ring (bicyclic) bond motifs is 1. The maximum atomic E-state index is 14.8. The van der Waals surface area contributed by atoms with Gasteiger partial charge in [-0.25, -0.2) is 23.5 Å². The van der Waals surface area contributed by atoms with Crippen LogP contribution in [0.1, 0.15) is 65.6 Å². The van der Waals surface area contributed by atoms with Crippen LogP contribution in [-0.2, 0) is 4.74 Å². The predicted molar refractivity (Wildman–Crippen MR) is 146 cm³/mol. The molecule has 11 heteroatoms. The number of rotatable bonds is 3. The van der Waals surface area contributed by atoms with E-state index in [1.807, 2.05) is 60.3 Å². The Kier molecular flexibility index (Phi) is 7.40. The molecule has 0 aliphatic carbocycles. The van der Waals surface area contributed by atoms with E-state index < -0.39 is 23.2 Å². The van der Waals surface area contributed by atoms with Crippen molar-refractivity contribution in [1.29, 1.82) is 0 Å². The normalized spacial score (nSPS) is 18.4. The molecule has 0 saturated carbocycles. The zero-order chi connectivity index (χ0) is 28.1. The average Bonchev–Trinajstić information content (AvgIpc) is 2.79. The molecule has 204 valence electrons. The zero-order valence-electron chi connectivity index (χ0n) is 23.0. The molecule has 1 amide bonds. The molecular weight excluding hydrogens is 511 g/mol. The minimum absolute atomic E-state index is 0.00317. The summed E-state index contributed by atoms with van der Waals surface area (Å²) in [6, 6.07) is 2.58. The van der Waals surface area contributed by atoms with Gasteiger partial charge in [-0.05, 0) is 65.2 Å². The summed E-state index contributed by atoms with van der Waals surface area (Å²) in [7, 11) is 0. The molecule has 1 saturated heterocycles. The first kappa shape index (κ1) is 27.8. The number of piperazine rings is 1. The lowest BCUT2D eigenvalue weighted by molar-refractivity contribution is 0.0192. The average molecular weight is 545 g/mol. The van der Waals surface area contributed by atoms with Crippen molar-refractivity contribution in [2.45, 2.75) is 79.0 Å². The highest BCUT2D eigenvalue weighted by Crippen LogP contribution is 2.33. The number of hydrogen-bond donors (Lipinski definition) is 0. The highest BCUT2D eigenvalue weighted by Gasteiger charge is 2.36. The lowest BCUT2D eigenvalue weighted by Crippen LogP contribution is -2.59. The van der Waals surface area contributed by atoms with Crippen LogP contribution in [0.15, 0.2) is 23.1 Å². The molecule has 0 aromatic carbocycles. The van der Waals surface area contributed by atoms with Gasteiger partial charge in [-0.1, -0.05) is 25.4 Å². The molecule has 3 aromatic rings. The van der Waals surface area contributed by atoms with Gasteiger partial charge in [0.1, 0.15) is 11.4 Å². The smallest absolute Gasteiger partial charge is 0.410 e. The molecule has 1 aliphatic heterocycles. The fraction of sp³-hybridized carbons (Fsp3) is 0.519. The van der Waals surface area contributed by atoms with Gasteiger partial charge in [-0.15, -0.1) is 0 Å². The summed E-state index contributed by atoms with van der Waals surface area (Å²) in [6.07, 6.45) is 1.29. The van der Waals surface area contributed by atoms with E-state index in [1.165, 1.54) is 10.6 Å². The maximum Gasteiger partial charge on any atom is 0.410 e. The highest BCUT2D eigenvalue weighted by molar-refractivity contribution is 6.30. The fourth-order valence-electron chi connectivity index (χ4n) is 4.98. The maximum absolute atomic E-state index is 14.8. The van der Waals surface area contributed by atoms with Crippen LogP contribution in [0.25, 0.3) is 16.7 Å². The van der Waals surface area contributed by atoms with Gasteiger partial charge in [-0.3, -0.25) is 4.98 Å². The van der Waals surface area contributed by atoms with Gasteiger partial charge in [0.05, 0.1) is 16.8 Å². The van der Waals surface area contributed by atoms with Gasteiger partial charge in [0.25, 0.3) is 0 Å². The summed E-state index contributed by atoms with van der Waals surface area (Å²) in [5.74, 6) is -0.420. The SMILES string of the molecule is Cc1ccnc(C(C)C)c1-n1c(=O)nc(N2C(C)CN(C(=O)OC(C)(C)C)CC2C)c2cc(F)c(Cl)nc21. The number of carbonyl (C=O) groups excluding carboxylic acids is 1. The Hall–Kier alpha value is -3.27. The number of hydrogen-bond acceptors (Lipinski definition) is 7. The lowest BCUT2D eigenvalue weighted by atomic mass is 10.0. The number of nitrogens with zero attached hydrogens (tertiary/aromatic N) is 6. The number of halogens is 2. The third kappa shape index (κ3) is 5.18. The van der Waals surface area contributed by atoms with E-state index >= 15 is 0 Å². The number of aromatic nitrogens is 4. The summed E-state index contributed by atoms with van der Waals surface area (Å²) in [5.41, 5.74) is 1.05. The number of ether oxygens (including phenoxy) is 1. The molecular formula is C27H34ClFN6O3. The summed E-state index contributed by atoms with van der Waals surface area (Å²) in [6.45, 7) is 15.8. The van der Waals surface area contributed by atoms with Crippen molar-refractivity contribution >= 4 is 34.5 Å². The van der Waals surface area contributed by atoms with Crippen molar-refractivity contribution in [3.05, 3.63) is 51.0 Å². The van der Waals surface area contributed by atoms with Gasteiger partial charge in [0.2, 0.25) is 0 Å². The number of aryl methyl sites for hydroxylation is 1. The van der Waals surface area contributed by atoms with E-state index in [-0.39, 0.29) is 28.8 Å². The van der Waals surface area contributed by atoms with E-state index in [4.69, 9.17) is 16.3 Å². The highest BCUT2D eigenvalue weighted by atomic mass is 35.5. The largest absolute Gasteiger partial charge is 0.444 e. The molecule has 0 spiro atoms. The van der Waals surface area contributed by atoms with Crippen LogP contribution in [0, 0.1) is 12.7 Å². The molecule has 38 heavy (non-hydrogen) atoms. The molecule has 3 aromatic heterocycles. The predicted octanol–water partition coefficient (Wildman–Crippen LogP) is 5.23. The molecule has 0 radical (unpaired) electrons. The van der Waals surface area contributed by atoms with Crippen molar-refractivity contribution in [2.24, 2.45) is 0 Å². The second-order valence-corrected chi connectivity index (χ2v) is 11.6. The van der Waals surface area contributed by atoms with Crippen molar-refractivity contribution in [2.75, 3.05) is 18.0 Å². The Morgan fingerprint density at radius 3 is 2.39 bits per heavy atom. The molecule has 0 bridgehead atoms. The van der Waals surface area contributed by atoms with Gasteiger partial charge in [0, 0.05) is 31.4 Å². The first-order valence-electron chi connectivity index (χ1n) is 12.7. The second kappa shape index (κ2) is 10.1. The van der Waals surface area contributed by atoms with Crippen LogP contribution >= 0.6 is 11.6 Å². The third-order valence-electron chi connectivity index (χ3n) is 6.50. The van der Waals surface area contributed by atoms with Gasteiger partial charge >= 0.3 is 11.8 Å². The minimum Gasteiger partial charge on any atom is -0.444 e. The van der Waals surface area contributed by atoms with Crippen molar-refractivity contribution in [3.63, 3.8) is 0 Å². The number of carbonyl (C=O) groups is 1. The molecule has 2 unspecified atom stereocenters. The molecule has 9 nitrogen and oxygen atoms in total. The summed E-state index contributed by atoms with van der Waals surface area (Å²) in [4.78, 5) is 43.3. The zero-order valence-corrected chi connectivity index (χ0v) is 23.8. The summed E-state index contributed by atoms with van der Waals surface area (Å²) < 4.78 is 21.8. The number of amides is 1. The number of anilines is 1. The van der Waals surface area contributed by atoms with Crippen LogP contribution in [0.2, 0.25) is 5.15 Å². The molecule has 1 aliphatic rings. The Morgan fingerprint density at radius 1 is 1.18 bits per heavy atom. The van der Waals surface area contributed by atoms with Crippen molar-refractivity contribution in [1.82, 2.24) is 24.4 Å². The van der Waals surface area contributed by atoms with Crippen molar-refractivity contribution < 1.29 is 13.9 Å². The van der Waals surface area contributed by atoms with Gasteiger partial charge in [-0.2, -0.15) is 4.98 Å². The topological polar surface area (TPSA) is 93.5 Å².